The first-order chi connectivity index (χ1) is 9.25. The second kappa shape index (κ2) is 6.25. The van der Waals surface area contributed by atoms with Gasteiger partial charge < -0.3 is 0 Å². The van der Waals surface area contributed by atoms with Crippen LogP contribution in [0.3, 0.4) is 0 Å². The van der Waals surface area contributed by atoms with E-state index >= 15 is 0 Å². The smallest absolute Gasteiger partial charge is 0.141 e. The Hall–Kier alpha value is 0.385. The maximum absolute atomic E-state index is 4.61. The van der Waals surface area contributed by atoms with E-state index < -0.39 is 0 Å². The normalized spacial score (nSPS) is 10.8. The summed E-state index contributed by atoms with van der Waals surface area (Å²) >= 11 is 22.8. The zero-order valence-corrected chi connectivity index (χ0v) is 15.9. The molecule has 0 aliphatic heterocycles. The van der Waals surface area contributed by atoms with Gasteiger partial charge in [0.2, 0.25) is 0 Å². The molecule has 0 heterocycles. The predicted octanol–water partition coefficient (Wildman–Crippen LogP) is -0.428. The molecule has 0 N–H and O–H groups in total. The summed E-state index contributed by atoms with van der Waals surface area (Å²) in [5.74, 6) is 0. The largest absolute Gasteiger partial charge is 0.145 e. The first-order valence-electron chi connectivity index (χ1n) is 6.02. The van der Waals surface area contributed by atoms with E-state index in [1.54, 1.807) is 0 Å². The van der Waals surface area contributed by atoms with Crippen molar-refractivity contribution in [2.24, 2.45) is 0 Å². The van der Waals surface area contributed by atoms with Crippen molar-refractivity contribution >= 4 is 103 Å². The van der Waals surface area contributed by atoms with E-state index in [4.69, 9.17) is 0 Å². The second-order valence-corrected chi connectivity index (χ2v) is 7.15. The molecular formula is C12H13B3S5. The molecule has 0 radical (unpaired) electrons. The monoisotopic (exact) mass is 350 g/mol. The number of hydrogen-bond acceptors (Lipinski definition) is 5. The van der Waals surface area contributed by atoms with Gasteiger partial charge in [-0.25, -0.2) is 0 Å². The third-order valence-corrected chi connectivity index (χ3v) is 6.09. The molecule has 0 fully saturated rings. The molecular weight excluding hydrogens is 337 g/mol. The SMILES string of the molecule is Bc1cc(B)c(-c2c(S)c(S)cc(S)c2S)c(B)c1S. The molecule has 0 saturated carbocycles. The van der Waals surface area contributed by atoms with Crippen LogP contribution < -0.4 is 16.4 Å². The van der Waals surface area contributed by atoms with Crippen LogP contribution in [0.4, 0.5) is 0 Å². The second-order valence-electron chi connectivity index (χ2n) is 4.85. The van der Waals surface area contributed by atoms with Crippen LogP contribution in [0.15, 0.2) is 36.6 Å². The molecule has 0 unspecified atom stereocenters. The van der Waals surface area contributed by atoms with Crippen molar-refractivity contribution in [3.63, 3.8) is 0 Å². The Morgan fingerprint density at radius 3 is 1.60 bits per heavy atom. The molecule has 8 heteroatoms. The average molecular weight is 350 g/mol. The van der Waals surface area contributed by atoms with Crippen LogP contribution in [0.25, 0.3) is 11.1 Å². The maximum Gasteiger partial charge on any atom is 0.141 e. The van der Waals surface area contributed by atoms with E-state index in [0.717, 1.165) is 41.1 Å². The summed E-state index contributed by atoms with van der Waals surface area (Å²) in [6.45, 7) is 0. The summed E-state index contributed by atoms with van der Waals surface area (Å²) in [5, 5.41) is 0. The number of rotatable bonds is 1. The van der Waals surface area contributed by atoms with Gasteiger partial charge in [0.1, 0.15) is 23.5 Å². The number of hydrogen-bond donors (Lipinski definition) is 5. The molecule has 2 aromatic rings. The van der Waals surface area contributed by atoms with E-state index in [1.807, 2.05) is 6.07 Å². The van der Waals surface area contributed by atoms with Crippen LogP contribution in [0, 0.1) is 0 Å². The number of thiol groups is 5. The Morgan fingerprint density at radius 2 is 1.10 bits per heavy atom. The zero-order chi connectivity index (χ0) is 15.2. The Morgan fingerprint density at radius 1 is 0.600 bits per heavy atom. The molecule has 100 valence electrons. The lowest BCUT2D eigenvalue weighted by atomic mass is 9.74. The van der Waals surface area contributed by atoms with Gasteiger partial charge >= 0.3 is 0 Å². The molecule has 2 aromatic carbocycles. The molecule has 0 spiro atoms. The summed E-state index contributed by atoms with van der Waals surface area (Å²) < 4.78 is 0. The molecule has 0 amide bonds. The van der Waals surface area contributed by atoms with Crippen molar-refractivity contribution in [1.82, 2.24) is 0 Å². The van der Waals surface area contributed by atoms with Gasteiger partial charge in [-0.3, -0.25) is 0 Å². The fraction of sp³-hybridized carbons (Fsp3) is 0. The van der Waals surface area contributed by atoms with Gasteiger partial charge in [-0.1, -0.05) is 22.5 Å². The minimum atomic E-state index is 0.797. The highest BCUT2D eigenvalue weighted by atomic mass is 32.1. The fourth-order valence-electron chi connectivity index (χ4n) is 2.43. The third kappa shape index (κ3) is 2.82. The van der Waals surface area contributed by atoms with Crippen molar-refractivity contribution in [3.05, 3.63) is 12.1 Å². The molecule has 20 heavy (non-hydrogen) atoms. The molecule has 2 rings (SSSR count). The summed E-state index contributed by atoms with van der Waals surface area (Å²) in [6.07, 6.45) is 0. The van der Waals surface area contributed by atoms with Crippen molar-refractivity contribution in [1.29, 1.82) is 0 Å². The minimum absolute atomic E-state index is 0.797. The molecule has 0 nitrogen and oxygen atoms in total. The fourth-order valence-corrected chi connectivity index (χ4v) is 3.86. The van der Waals surface area contributed by atoms with Crippen LogP contribution in [-0.2, 0) is 0 Å². The summed E-state index contributed by atoms with van der Waals surface area (Å²) in [4.78, 5) is 4.23. The Balaban J connectivity index is 2.93. The van der Waals surface area contributed by atoms with Crippen molar-refractivity contribution in [2.75, 3.05) is 0 Å². The van der Waals surface area contributed by atoms with Gasteiger partial charge in [-0.05, 0) is 16.5 Å². The lowest BCUT2D eigenvalue weighted by Crippen LogP contribution is -2.29. The quantitative estimate of drug-likeness (QED) is 0.335. The van der Waals surface area contributed by atoms with E-state index in [2.05, 4.69) is 92.7 Å². The van der Waals surface area contributed by atoms with Gasteiger partial charge in [0.25, 0.3) is 0 Å². The Labute approximate surface area is 150 Å². The van der Waals surface area contributed by atoms with Gasteiger partial charge in [0, 0.05) is 25.1 Å². The van der Waals surface area contributed by atoms with Crippen LogP contribution >= 0.6 is 63.1 Å². The zero-order valence-electron chi connectivity index (χ0n) is 11.4. The first kappa shape index (κ1) is 16.8. The van der Waals surface area contributed by atoms with Crippen LogP contribution in [0.2, 0.25) is 0 Å². The Kier molecular flexibility index (Phi) is 5.23. The molecule has 0 aromatic heterocycles. The molecule has 0 aliphatic carbocycles. The van der Waals surface area contributed by atoms with Gasteiger partial charge in [0.15, 0.2) is 0 Å². The van der Waals surface area contributed by atoms with Crippen molar-refractivity contribution < 1.29 is 0 Å². The predicted molar refractivity (Wildman–Crippen MR) is 113 cm³/mol. The van der Waals surface area contributed by atoms with Crippen LogP contribution in [0.5, 0.6) is 0 Å². The molecule has 0 aliphatic rings. The highest BCUT2D eigenvalue weighted by Crippen LogP contribution is 2.38. The van der Waals surface area contributed by atoms with E-state index in [-0.39, 0.29) is 0 Å². The maximum atomic E-state index is 4.61. The van der Waals surface area contributed by atoms with E-state index in [9.17, 15) is 0 Å². The first-order valence-corrected chi connectivity index (χ1v) is 8.26. The van der Waals surface area contributed by atoms with Crippen LogP contribution in [-0.4, -0.2) is 23.5 Å². The van der Waals surface area contributed by atoms with Crippen molar-refractivity contribution in [2.45, 2.75) is 24.5 Å². The lowest BCUT2D eigenvalue weighted by Gasteiger charge is -2.20. The number of benzene rings is 2. The van der Waals surface area contributed by atoms with Crippen molar-refractivity contribution in [3.8, 4) is 11.1 Å². The minimum Gasteiger partial charge on any atom is -0.145 e. The van der Waals surface area contributed by atoms with E-state index in [1.165, 1.54) is 10.9 Å². The molecule has 0 saturated heterocycles. The molecule has 0 bridgehead atoms. The standard InChI is InChI=1S/C12H13B3S5/c13-3-1-4(14)10(18)9(15)7(3)8-11(19)5(16)2-6(17)12(8)20/h1-2,16-20H,13-15H2. The third-order valence-electron chi connectivity index (χ3n) is 3.41. The highest BCUT2D eigenvalue weighted by Gasteiger charge is 2.18. The van der Waals surface area contributed by atoms with Crippen LogP contribution in [0.1, 0.15) is 0 Å². The van der Waals surface area contributed by atoms with Gasteiger partial charge in [-0.2, -0.15) is 0 Å². The van der Waals surface area contributed by atoms with E-state index in [0.29, 0.717) is 0 Å². The summed E-state index contributed by atoms with van der Waals surface area (Å²) in [7, 11) is 6.22. The molecule has 0 atom stereocenters. The lowest BCUT2D eigenvalue weighted by molar-refractivity contribution is 1.12. The topological polar surface area (TPSA) is 0 Å². The summed E-state index contributed by atoms with van der Waals surface area (Å²) in [6, 6.07) is 4.00. The Bertz CT molecular complexity index is 689. The van der Waals surface area contributed by atoms with Gasteiger partial charge in [0.05, 0.1) is 0 Å². The van der Waals surface area contributed by atoms with Gasteiger partial charge in [-0.15, -0.1) is 63.1 Å². The highest BCUT2D eigenvalue weighted by molar-refractivity contribution is 7.85. The summed E-state index contributed by atoms with van der Waals surface area (Å²) in [5.41, 5.74) is 5.56. The average Bonchev–Trinajstić information content (AvgIpc) is 2.38.